The maximum Gasteiger partial charge on any atom is 0.0605 e. The fourth-order valence-corrected chi connectivity index (χ4v) is 4.38. The quantitative estimate of drug-likeness (QED) is 0.767. The van der Waals surface area contributed by atoms with Crippen LogP contribution in [0.1, 0.15) is 24.2 Å². The Labute approximate surface area is 125 Å². The third-order valence-electron chi connectivity index (χ3n) is 2.78. The van der Waals surface area contributed by atoms with Crippen molar-refractivity contribution in [1.29, 1.82) is 0 Å². The van der Waals surface area contributed by atoms with Gasteiger partial charge in [-0.2, -0.15) is 0 Å². The molecule has 0 saturated heterocycles. The Morgan fingerprint density at radius 2 is 2.17 bits per heavy atom. The summed E-state index contributed by atoms with van der Waals surface area (Å²) in [4.78, 5) is 0. The molecule has 0 amide bonds. The lowest BCUT2D eigenvalue weighted by Gasteiger charge is -2.22. The van der Waals surface area contributed by atoms with Gasteiger partial charge in [-0.15, -0.1) is 23.1 Å². The highest BCUT2D eigenvalue weighted by Gasteiger charge is 2.20. The van der Waals surface area contributed by atoms with Gasteiger partial charge in [0.15, 0.2) is 0 Å². The Bertz CT molecular complexity index is 484. The van der Waals surface area contributed by atoms with Crippen LogP contribution in [0.4, 0.5) is 0 Å². The van der Waals surface area contributed by atoms with Crippen molar-refractivity contribution in [1.82, 2.24) is 0 Å². The van der Waals surface area contributed by atoms with Crippen molar-refractivity contribution in [3.8, 4) is 0 Å². The molecule has 0 fully saturated rings. The van der Waals surface area contributed by atoms with Crippen LogP contribution in [0.25, 0.3) is 0 Å². The van der Waals surface area contributed by atoms with Crippen LogP contribution in [0, 0.1) is 0 Å². The van der Waals surface area contributed by atoms with Crippen LogP contribution in [0.2, 0.25) is 0 Å². The molecule has 0 aliphatic rings. The summed E-state index contributed by atoms with van der Waals surface area (Å²) in [5, 5.41) is 2.42. The van der Waals surface area contributed by atoms with Gasteiger partial charge in [-0.1, -0.05) is 41.1 Å². The third kappa shape index (κ3) is 3.60. The van der Waals surface area contributed by atoms with Crippen LogP contribution in [0.5, 0.6) is 0 Å². The predicted molar refractivity (Wildman–Crippen MR) is 85.3 cm³/mol. The Morgan fingerprint density at radius 1 is 1.33 bits per heavy atom. The molecule has 0 bridgehead atoms. The third-order valence-corrected chi connectivity index (χ3v) is 5.75. The molecule has 1 aromatic carbocycles. The van der Waals surface area contributed by atoms with Gasteiger partial charge in [0.05, 0.1) is 9.46 Å². The molecule has 2 aromatic rings. The number of hydrogen-bond donors (Lipinski definition) is 1. The summed E-state index contributed by atoms with van der Waals surface area (Å²) in [6.45, 7) is 2.14. The highest BCUT2D eigenvalue weighted by Crippen LogP contribution is 2.40. The van der Waals surface area contributed by atoms with E-state index < -0.39 is 0 Å². The van der Waals surface area contributed by atoms with Crippen molar-refractivity contribution in [3.05, 3.63) is 51.8 Å². The molecule has 1 nitrogen and oxygen atoms in total. The number of hydrogen-bond acceptors (Lipinski definition) is 3. The summed E-state index contributed by atoms with van der Waals surface area (Å²) in [6, 6.07) is 12.9. The second kappa shape index (κ2) is 6.75. The molecule has 0 aliphatic heterocycles. The van der Waals surface area contributed by atoms with E-state index in [-0.39, 0.29) is 6.04 Å². The minimum Gasteiger partial charge on any atom is -0.326 e. The molecule has 0 aliphatic carbocycles. The Kier molecular flexibility index (Phi) is 5.30. The van der Waals surface area contributed by atoms with Gasteiger partial charge in [0.25, 0.3) is 0 Å². The van der Waals surface area contributed by atoms with E-state index >= 15 is 0 Å². The second-order valence-corrected chi connectivity index (χ2v) is 7.40. The molecule has 2 atom stereocenters. The number of rotatable bonds is 5. The Morgan fingerprint density at radius 3 is 2.78 bits per heavy atom. The first-order valence-corrected chi connectivity index (χ1v) is 8.47. The van der Waals surface area contributed by atoms with E-state index in [1.807, 2.05) is 17.8 Å². The summed E-state index contributed by atoms with van der Waals surface area (Å²) in [6.07, 6.45) is 0.982. The summed E-state index contributed by atoms with van der Waals surface area (Å²) in [7, 11) is 0. The van der Waals surface area contributed by atoms with Gasteiger partial charge in [0, 0.05) is 10.5 Å². The minimum atomic E-state index is 0.173. The smallest absolute Gasteiger partial charge is 0.0605 e. The van der Waals surface area contributed by atoms with E-state index in [1.54, 1.807) is 11.3 Å². The normalized spacial score (nSPS) is 14.4. The fraction of sp³-hybridized carbons (Fsp3) is 0.286. The largest absolute Gasteiger partial charge is 0.326 e. The monoisotopic (exact) mass is 341 g/mol. The topological polar surface area (TPSA) is 26.0 Å². The van der Waals surface area contributed by atoms with Gasteiger partial charge in [0.1, 0.15) is 0 Å². The van der Waals surface area contributed by atoms with Crippen molar-refractivity contribution >= 4 is 39.0 Å². The Balaban J connectivity index is 2.25. The average Bonchev–Trinajstić information content (AvgIpc) is 2.88. The van der Waals surface area contributed by atoms with E-state index in [4.69, 9.17) is 5.73 Å². The van der Waals surface area contributed by atoms with E-state index in [9.17, 15) is 0 Å². The highest BCUT2D eigenvalue weighted by molar-refractivity contribution is 9.10. The van der Waals surface area contributed by atoms with Crippen LogP contribution < -0.4 is 5.73 Å². The molecule has 1 heterocycles. The van der Waals surface area contributed by atoms with Crippen molar-refractivity contribution < 1.29 is 0 Å². The van der Waals surface area contributed by atoms with E-state index in [2.05, 4.69) is 58.6 Å². The van der Waals surface area contributed by atoms with Crippen molar-refractivity contribution in [2.45, 2.75) is 28.8 Å². The van der Waals surface area contributed by atoms with Crippen LogP contribution in [-0.2, 0) is 0 Å². The van der Waals surface area contributed by atoms with Gasteiger partial charge < -0.3 is 5.73 Å². The van der Waals surface area contributed by atoms with Gasteiger partial charge in [0.2, 0.25) is 0 Å². The number of nitrogens with two attached hydrogens (primary N) is 1. The lowest BCUT2D eigenvalue weighted by Crippen LogP contribution is -2.25. The summed E-state index contributed by atoms with van der Waals surface area (Å²) in [5.41, 5.74) is 7.57. The maximum atomic E-state index is 6.28. The lowest BCUT2D eigenvalue weighted by molar-refractivity contribution is 0.634. The van der Waals surface area contributed by atoms with Crippen LogP contribution in [-0.4, -0.2) is 6.04 Å². The van der Waals surface area contributed by atoms with Gasteiger partial charge >= 0.3 is 0 Å². The van der Waals surface area contributed by atoms with Crippen molar-refractivity contribution in [2.75, 3.05) is 0 Å². The number of thioether (sulfide) groups is 1. The molecular weight excluding hydrogens is 326 g/mol. The SMILES string of the molecule is CCC(N)C(Sc1cccs1)c1cccc(Br)c1. The summed E-state index contributed by atoms with van der Waals surface area (Å²) in [5.74, 6) is 0. The van der Waals surface area contributed by atoms with Gasteiger partial charge in [-0.3, -0.25) is 0 Å². The Hall–Kier alpha value is -0.290. The molecule has 0 saturated carbocycles. The molecule has 2 rings (SSSR count). The number of thiophene rings is 1. The van der Waals surface area contributed by atoms with Crippen LogP contribution >= 0.6 is 39.0 Å². The first-order valence-electron chi connectivity index (χ1n) is 5.92. The first-order chi connectivity index (χ1) is 8.70. The van der Waals surface area contributed by atoms with E-state index in [1.165, 1.54) is 9.77 Å². The molecule has 1 aromatic heterocycles. The number of benzene rings is 1. The molecule has 0 radical (unpaired) electrons. The molecule has 2 unspecified atom stereocenters. The minimum absolute atomic E-state index is 0.173. The standard InChI is InChI=1S/C14H16BrNS2/c1-2-12(16)14(18-13-7-4-8-17-13)10-5-3-6-11(15)9-10/h3-9,12,14H,2,16H2,1H3. The lowest BCUT2D eigenvalue weighted by atomic mass is 10.0. The zero-order valence-corrected chi connectivity index (χ0v) is 13.4. The van der Waals surface area contributed by atoms with Gasteiger partial charge in [-0.05, 0) is 35.6 Å². The molecule has 18 heavy (non-hydrogen) atoms. The number of halogens is 1. The van der Waals surface area contributed by atoms with E-state index in [0.717, 1.165) is 10.9 Å². The average molecular weight is 342 g/mol. The first kappa shape index (κ1) is 14.1. The maximum absolute atomic E-state index is 6.28. The van der Waals surface area contributed by atoms with Crippen LogP contribution in [0.3, 0.4) is 0 Å². The zero-order chi connectivity index (χ0) is 13.0. The predicted octanol–water partition coefficient (Wildman–Crippen LogP) is 5.08. The highest BCUT2D eigenvalue weighted by atomic mass is 79.9. The molecule has 0 spiro atoms. The van der Waals surface area contributed by atoms with Crippen molar-refractivity contribution in [3.63, 3.8) is 0 Å². The molecule has 96 valence electrons. The van der Waals surface area contributed by atoms with Crippen molar-refractivity contribution in [2.24, 2.45) is 5.73 Å². The fourth-order valence-electron chi connectivity index (χ4n) is 1.76. The van der Waals surface area contributed by atoms with Gasteiger partial charge in [-0.25, -0.2) is 0 Å². The van der Waals surface area contributed by atoms with Crippen LogP contribution in [0.15, 0.2) is 50.5 Å². The summed E-state index contributed by atoms with van der Waals surface area (Å²) < 4.78 is 2.43. The summed E-state index contributed by atoms with van der Waals surface area (Å²) >= 11 is 7.17. The molecule has 2 N–H and O–H groups in total. The molecule has 4 heteroatoms. The zero-order valence-electron chi connectivity index (χ0n) is 10.2. The molecular formula is C14H16BrNS2. The second-order valence-electron chi connectivity index (χ2n) is 4.10. The van der Waals surface area contributed by atoms with E-state index in [0.29, 0.717) is 5.25 Å².